The van der Waals surface area contributed by atoms with Gasteiger partial charge in [0.1, 0.15) is 17.3 Å². The maximum Gasteiger partial charge on any atom is 0.294 e. The third kappa shape index (κ3) is 2.90. The van der Waals surface area contributed by atoms with Gasteiger partial charge in [-0.2, -0.15) is 0 Å². The number of rotatable bonds is 3. The monoisotopic (exact) mass is 357 g/mol. The van der Waals surface area contributed by atoms with Gasteiger partial charge in [-0.15, -0.1) is 5.10 Å². The fourth-order valence-electron chi connectivity index (χ4n) is 4.02. The van der Waals surface area contributed by atoms with E-state index < -0.39 is 0 Å². The second kappa shape index (κ2) is 6.79. The second-order valence-electron chi connectivity index (χ2n) is 7.40. The standard InChI is InChI=1S/C19H24FN5O/c1-12(2)18-22-17(23-25(18)16-6-4-3-5-15(16)20)19(26)24-13-7-8-14(24)11-21-10-9-13/h3-6,12-14,21H,7-11H2,1-2H3. The van der Waals surface area contributed by atoms with E-state index in [-0.39, 0.29) is 35.6 Å². The third-order valence-corrected chi connectivity index (χ3v) is 5.31. The van der Waals surface area contributed by atoms with Crippen LogP contribution in [0.15, 0.2) is 24.3 Å². The summed E-state index contributed by atoms with van der Waals surface area (Å²) >= 11 is 0. The third-order valence-electron chi connectivity index (χ3n) is 5.31. The van der Waals surface area contributed by atoms with Crippen molar-refractivity contribution in [1.29, 1.82) is 0 Å². The molecule has 2 fully saturated rings. The highest BCUT2D eigenvalue weighted by Crippen LogP contribution is 2.29. The van der Waals surface area contributed by atoms with Crippen molar-refractivity contribution in [2.45, 2.75) is 51.1 Å². The number of aromatic nitrogens is 3. The molecular weight excluding hydrogens is 333 g/mol. The summed E-state index contributed by atoms with van der Waals surface area (Å²) < 4.78 is 15.8. The van der Waals surface area contributed by atoms with Gasteiger partial charge in [0.15, 0.2) is 0 Å². The van der Waals surface area contributed by atoms with Crippen molar-refractivity contribution in [1.82, 2.24) is 25.0 Å². The highest BCUT2D eigenvalue weighted by molar-refractivity contribution is 5.91. The first-order valence-corrected chi connectivity index (χ1v) is 9.31. The zero-order valence-electron chi connectivity index (χ0n) is 15.2. The molecule has 0 spiro atoms. The van der Waals surface area contributed by atoms with Crippen molar-refractivity contribution < 1.29 is 9.18 Å². The first kappa shape index (κ1) is 17.1. The Morgan fingerprint density at radius 2 is 2.00 bits per heavy atom. The van der Waals surface area contributed by atoms with E-state index in [1.54, 1.807) is 18.2 Å². The van der Waals surface area contributed by atoms with Gasteiger partial charge in [-0.25, -0.2) is 14.1 Å². The molecule has 4 rings (SSSR count). The molecule has 2 unspecified atom stereocenters. The molecule has 1 aromatic carbocycles. The summed E-state index contributed by atoms with van der Waals surface area (Å²) in [4.78, 5) is 19.6. The summed E-state index contributed by atoms with van der Waals surface area (Å²) in [6.07, 6.45) is 2.99. The maximum absolute atomic E-state index is 14.3. The first-order valence-electron chi connectivity index (χ1n) is 9.31. The number of nitrogens with one attached hydrogen (secondary N) is 1. The predicted molar refractivity (Wildman–Crippen MR) is 95.9 cm³/mol. The molecule has 2 aromatic rings. The van der Waals surface area contributed by atoms with E-state index in [0.29, 0.717) is 11.5 Å². The number of hydrogen-bond acceptors (Lipinski definition) is 4. The summed E-state index contributed by atoms with van der Waals surface area (Å²) in [5.41, 5.74) is 0.322. The largest absolute Gasteiger partial charge is 0.329 e. The lowest BCUT2D eigenvalue weighted by Crippen LogP contribution is -2.43. The second-order valence-corrected chi connectivity index (χ2v) is 7.40. The minimum absolute atomic E-state index is 0.0196. The molecule has 2 atom stereocenters. The molecule has 1 amide bonds. The Kier molecular flexibility index (Phi) is 4.48. The zero-order valence-corrected chi connectivity index (χ0v) is 15.2. The van der Waals surface area contributed by atoms with Gasteiger partial charge in [-0.05, 0) is 37.9 Å². The number of halogens is 1. The van der Waals surface area contributed by atoms with Gasteiger partial charge in [0.2, 0.25) is 5.82 Å². The van der Waals surface area contributed by atoms with Crippen LogP contribution < -0.4 is 5.32 Å². The lowest BCUT2D eigenvalue weighted by atomic mass is 10.1. The molecule has 2 aliphatic rings. The highest BCUT2D eigenvalue weighted by Gasteiger charge is 2.40. The summed E-state index contributed by atoms with van der Waals surface area (Å²) in [7, 11) is 0. The Hall–Kier alpha value is -2.28. The van der Waals surface area contributed by atoms with Crippen LogP contribution in [0.5, 0.6) is 0 Å². The Labute approximate surface area is 152 Å². The average Bonchev–Trinajstić information content (AvgIpc) is 3.15. The SMILES string of the molecule is CC(C)c1nc(C(=O)N2C3CCNCC2CC3)nn1-c1ccccc1F. The number of carbonyl (C=O) groups excluding carboxylic acids is 1. The minimum Gasteiger partial charge on any atom is -0.329 e. The number of hydrogen-bond donors (Lipinski definition) is 1. The van der Waals surface area contributed by atoms with Crippen LogP contribution >= 0.6 is 0 Å². The molecule has 7 heteroatoms. The molecule has 6 nitrogen and oxygen atoms in total. The van der Waals surface area contributed by atoms with Crippen LogP contribution in [0.25, 0.3) is 5.69 Å². The number of carbonyl (C=O) groups is 1. The topological polar surface area (TPSA) is 63.1 Å². The molecule has 2 saturated heterocycles. The Balaban J connectivity index is 1.72. The molecule has 26 heavy (non-hydrogen) atoms. The molecule has 1 aromatic heterocycles. The molecule has 138 valence electrons. The lowest BCUT2D eigenvalue weighted by molar-refractivity contribution is 0.0667. The van der Waals surface area contributed by atoms with E-state index in [1.807, 2.05) is 18.7 Å². The van der Waals surface area contributed by atoms with Crippen molar-refractivity contribution in [3.05, 3.63) is 41.7 Å². The molecule has 0 aliphatic carbocycles. The van der Waals surface area contributed by atoms with E-state index in [1.165, 1.54) is 10.7 Å². The van der Waals surface area contributed by atoms with Gasteiger partial charge < -0.3 is 10.2 Å². The van der Waals surface area contributed by atoms with Crippen LogP contribution in [-0.2, 0) is 0 Å². The van der Waals surface area contributed by atoms with Crippen molar-refractivity contribution in [3.63, 3.8) is 0 Å². The van der Waals surface area contributed by atoms with E-state index in [4.69, 9.17) is 0 Å². The van der Waals surface area contributed by atoms with E-state index in [9.17, 15) is 9.18 Å². The van der Waals surface area contributed by atoms with Gasteiger partial charge >= 0.3 is 0 Å². The smallest absolute Gasteiger partial charge is 0.294 e. The average molecular weight is 357 g/mol. The van der Waals surface area contributed by atoms with Crippen molar-refractivity contribution in [3.8, 4) is 5.69 Å². The minimum atomic E-state index is -0.377. The Morgan fingerprint density at radius 1 is 1.23 bits per heavy atom. The van der Waals surface area contributed by atoms with Gasteiger partial charge in [0.25, 0.3) is 5.91 Å². The van der Waals surface area contributed by atoms with Crippen LogP contribution in [0.1, 0.15) is 55.5 Å². The Morgan fingerprint density at radius 3 is 2.77 bits per heavy atom. The maximum atomic E-state index is 14.3. The molecule has 2 aliphatic heterocycles. The Bertz CT molecular complexity index is 804. The highest BCUT2D eigenvalue weighted by atomic mass is 19.1. The van der Waals surface area contributed by atoms with Crippen molar-refractivity contribution >= 4 is 5.91 Å². The van der Waals surface area contributed by atoms with Crippen LogP contribution in [-0.4, -0.2) is 50.7 Å². The number of amides is 1. The number of nitrogens with zero attached hydrogens (tertiary/aromatic N) is 4. The van der Waals surface area contributed by atoms with Crippen LogP contribution in [0.3, 0.4) is 0 Å². The van der Waals surface area contributed by atoms with Gasteiger partial charge in [0.05, 0.1) is 0 Å². The van der Waals surface area contributed by atoms with Gasteiger partial charge in [-0.3, -0.25) is 4.79 Å². The summed E-state index contributed by atoms with van der Waals surface area (Å²) in [5, 5.41) is 7.81. The zero-order chi connectivity index (χ0) is 18.3. The van der Waals surface area contributed by atoms with Gasteiger partial charge in [-0.1, -0.05) is 26.0 Å². The molecule has 2 bridgehead atoms. The molecular formula is C19H24FN5O. The van der Waals surface area contributed by atoms with E-state index >= 15 is 0 Å². The summed E-state index contributed by atoms with van der Waals surface area (Å²) in [6, 6.07) is 6.88. The molecule has 0 saturated carbocycles. The van der Waals surface area contributed by atoms with Gasteiger partial charge in [0, 0.05) is 24.5 Å². The van der Waals surface area contributed by atoms with Crippen molar-refractivity contribution in [2.24, 2.45) is 0 Å². The fraction of sp³-hybridized carbons (Fsp3) is 0.526. The quantitative estimate of drug-likeness (QED) is 0.917. The predicted octanol–water partition coefficient (Wildman–Crippen LogP) is 2.50. The summed E-state index contributed by atoms with van der Waals surface area (Å²) in [5.74, 6) is 0.260. The summed E-state index contributed by atoms with van der Waals surface area (Å²) in [6.45, 7) is 5.68. The number of para-hydroxylation sites is 1. The fourth-order valence-corrected chi connectivity index (χ4v) is 4.02. The lowest BCUT2D eigenvalue weighted by Gasteiger charge is -2.26. The van der Waals surface area contributed by atoms with E-state index in [2.05, 4.69) is 15.4 Å². The van der Waals surface area contributed by atoms with Crippen molar-refractivity contribution in [2.75, 3.05) is 13.1 Å². The molecule has 0 radical (unpaired) electrons. The first-order chi connectivity index (χ1) is 12.6. The van der Waals surface area contributed by atoms with E-state index in [0.717, 1.165) is 32.4 Å². The molecule has 1 N–H and O–H groups in total. The molecule has 3 heterocycles. The van der Waals surface area contributed by atoms with Crippen LogP contribution in [0, 0.1) is 5.82 Å². The number of fused-ring (bicyclic) bond motifs is 2. The van der Waals surface area contributed by atoms with Crippen LogP contribution in [0.4, 0.5) is 4.39 Å². The number of benzene rings is 1. The van der Waals surface area contributed by atoms with Crippen LogP contribution in [0.2, 0.25) is 0 Å². The normalized spacial score (nSPS) is 22.7.